The number of benzene rings is 2. The molecule has 0 aliphatic carbocycles. The maximum Gasteiger partial charge on any atom is 0.421 e. The molecule has 0 saturated carbocycles. The second-order valence-corrected chi connectivity index (χ2v) is 7.97. The molecule has 1 amide bonds. The lowest BCUT2D eigenvalue weighted by atomic mass is 10.1. The molecule has 2 aromatic carbocycles. The van der Waals surface area contributed by atoms with Gasteiger partial charge >= 0.3 is 11.9 Å². The van der Waals surface area contributed by atoms with E-state index in [0.29, 0.717) is 49.0 Å². The molecule has 0 spiro atoms. The van der Waals surface area contributed by atoms with Crippen LogP contribution in [0.1, 0.15) is 5.56 Å². The number of hydrogen-bond donors (Lipinski definition) is 1. The summed E-state index contributed by atoms with van der Waals surface area (Å²) in [5.74, 6) is -0.989. The highest BCUT2D eigenvalue weighted by Crippen LogP contribution is 2.34. The Morgan fingerprint density at radius 2 is 1.75 bits per heavy atom. The van der Waals surface area contributed by atoms with Crippen molar-refractivity contribution in [3.63, 3.8) is 0 Å². The first-order valence-electron chi connectivity index (χ1n) is 9.90. The van der Waals surface area contributed by atoms with Crippen LogP contribution in [-0.2, 0) is 17.6 Å². The predicted molar refractivity (Wildman–Crippen MR) is 114 cm³/mol. The van der Waals surface area contributed by atoms with Gasteiger partial charge in [-0.05, 0) is 24.3 Å². The number of oxazole rings is 1. The molecule has 0 unspecified atom stereocenters. The average Bonchev–Trinajstić information content (AvgIpc) is 3.03. The van der Waals surface area contributed by atoms with Crippen LogP contribution in [0.25, 0.3) is 11.1 Å². The number of carbonyl (C=O) groups is 1. The van der Waals surface area contributed by atoms with E-state index >= 15 is 0 Å². The summed E-state index contributed by atoms with van der Waals surface area (Å²) in [6.07, 6.45) is -4.55. The number of carbonyl (C=O) groups excluding carboxylic acids is 1. The summed E-state index contributed by atoms with van der Waals surface area (Å²) in [7, 11) is 0. The number of nitrogens with one attached hydrogen (secondary N) is 1. The lowest BCUT2D eigenvalue weighted by molar-refractivity contribution is -0.137. The molecule has 0 radical (unpaired) electrons. The second-order valence-electron chi connectivity index (χ2n) is 7.54. The summed E-state index contributed by atoms with van der Waals surface area (Å²) in [6.45, 7) is 2.53. The lowest BCUT2D eigenvalue weighted by Gasteiger charge is -2.34. The molecule has 11 heteroatoms. The molecule has 1 aliphatic heterocycles. The fourth-order valence-electron chi connectivity index (χ4n) is 3.70. The molecule has 4 rings (SSSR count). The van der Waals surface area contributed by atoms with Gasteiger partial charge in [0, 0.05) is 37.3 Å². The van der Waals surface area contributed by atoms with Gasteiger partial charge in [0.2, 0.25) is 5.91 Å². The molecular formula is C21H20ClF3N4O3. The third kappa shape index (κ3) is 4.98. The quantitative estimate of drug-likeness (QED) is 0.621. The number of rotatable bonds is 5. The zero-order valence-electron chi connectivity index (χ0n) is 16.9. The summed E-state index contributed by atoms with van der Waals surface area (Å²) in [4.78, 5) is 28.4. The van der Waals surface area contributed by atoms with Gasteiger partial charge in [-0.1, -0.05) is 23.7 Å². The van der Waals surface area contributed by atoms with Crippen LogP contribution >= 0.6 is 11.6 Å². The van der Waals surface area contributed by atoms with Crippen molar-refractivity contribution in [3.05, 3.63) is 63.6 Å². The zero-order chi connectivity index (χ0) is 22.9. The van der Waals surface area contributed by atoms with Crippen molar-refractivity contribution in [1.82, 2.24) is 14.4 Å². The fraction of sp³-hybridized carbons (Fsp3) is 0.333. The van der Waals surface area contributed by atoms with Gasteiger partial charge in [-0.3, -0.25) is 19.2 Å². The highest BCUT2D eigenvalue weighted by atomic mass is 35.5. The Morgan fingerprint density at radius 3 is 2.47 bits per heavy atom. The van der Waals surface area contributed by atoms with E-state index in [0.717, 1.165) is 6.07 Å². The van der Waals surface area contributed by atoms with E-state index in [2.05, 4.69) is 5.32 Å². The lowest BCUT2D eigenvalue weighted by Crippen LogP contribution is -2.49. The number of hydrogen-bond acceptors (Lipinski definition) is 5. The average molecular weight is 469 g/mol. The molecule has 1 fully saturated rings. The molecule has 1 aromatic heterocycles. The first-order valence-corrected chi connectivity index (χ1v) is 10.3. The van der Waals surface area contributed by atoms with Gasteiger partial charge in [0.05, 0.1) is 30.0 Å². The first-order chi connectivity index (χ1) is 15.2. The van der Waals surface area contributed by atoms with Crippen LogP contribution in [0.5, 0.6) is 0 Å². The monoisotopic (exact) mass is 468 g/mol. The molecule has 3 aromatic rings. The summed E-state index contributed by atoms with van der Waals surface area (Å²) < 4.78 is 46.0. The van der Waals surface area contributed by atoms with Crippen LogP contribution in [-0.4, -0.2) is 53.0 Å². The van der Waals surface area contributed by atoms with E-state index < -0.39 is 23.4 Å². The number of fused-ring (bicyclic) bond motifs is 1. The maximum atomic E-state index is 13.1. The van der Waals surface area contributed by atoms with Crippen molar-refractivity contribution in [2.75, 3.05) is 38.0 Å². The number of aromatic nitrogens is 1. The second kappa shape index (κ2) is 8.97. The highest BCUT2D eigenvalue weighted by molar-refractivity contribution is 6.31. The molecule has 1 N–H and O–H groups in total. The highest BCUT2D eigenvalue weighted by Gasteiger charge is 2.33. The van der Waals surface area contributed by atoms with Gasteiger partial charge in [0.15, 0.2) is 5.58 Å². The van der Waals surface area contributed by atoms with Crippen molar-refractivity contribution in [2.24, 2.45) is 0 Å². The summed E-state index contributed by atoms with van der Waals surface area (Å²) >= 11 is 5.94. The molecule has 1 saturated heterocycles. The van der Waals surface area contributed by atoms with E-state index in [1.807, 2.05) is 9.80 Å². The number of amides is 1. The number of para-hydroxylation sites is 1. The van der Waals surface area contributed by atoms with E-state index in [-0.39, 0.29) is 12.2 Å². The van der Waals surface area contributed by atoms with Crippen LogP contribution in [0.2, 0.25) is 5.02 Å². The van der Waals surface area contributed by atoms with E-state index in [9.17, 15) is 22.8 Å². The first kappa shape index (κ1) is 22.4. The fourth-order valence-corrected chi connectivity index (χ4v) is 3.86. The van der Waals surface area contributed by atoms with Crippen molar-refractivity contribution >= 4 is 34.3 Å². The van der Waals surface area contributed by atoms with E-state index in [1.165, 1.54) is 22.8 Å². The minimum absolute atomic E-state index is 0.0207. The Kier molecular flexibility index (Phi) is 6.27. The molecule has 0 atom stereocenters. The number of anilines is 1. The van der Waals surface area contributed by atoms with Gasteiger partial charge in [-0.15, -0.1) is 0 Å². The van der Waals surface area contributed by atoms with Gasteiger partial charge in [-0.25, -0.2) is 4.79 Å². The predicted octanol–water partition coefficient (Wildman–Crippen LogP) is 3.48. The third-order valence-corrected chi connectivity index (χ3v) is 5.55. The molecule has 0 bridgehead atoms. The molecule has 2 heterocycles. The maximum absolute atomic E-state index is 13.1. The third-order valence-electron chi connectivity index (χ3n) is 5.31. The normalized spacial score (nSPS) is 15.9. The largest absolute Gasteiger partial charge is 0.421 e. The smallest absolute Gasteiger partial charge is 0.408 e. The molecule has 170 valence electrons. The number of halogens is 4. The van der Waals surface area contributed by atoms with Gasteiger partial charge in [0.1, 0.15) is 0 Å². The van der Waals surface area contributed by atoms with Gasteiger partial charge in [0.25, 0.3) is 0 Å². The van der Waals surface area contributed by atoms with E-state index in [1.54, 1.807) is 18.2 Å². The molecule has 32 heavy (non-hydrogen) atoms. The Hall–Kier alpha value is -2.82. The van der Waals surface area contributed by atoms with Crippen LogP contribution in [0.3, 0.4) is 0 Å². The number of nitrogens with zero attached hydrogens (tertiary/aromatic N) is 3. The van der Waals surface area contributed by atoms with Crippen molar-refractivity contribution in [2.45, 2.75) is 12.8 Å². The van der Waals surface area contributed by atoms with Crippen LogP contribution in [0.15, 0.2) is 51.7 Å². The Bertz CT molecular complexity index is 1180. The van der Waals surface area contributed by atoms with Crippen LogP contribution in [0, 0.1) is 0 Å². The van der Waals surface area contributed by atoms with Gasteiger partial charge < -0.3 is 9.73 Å². The Morgan fingerprint density at radius 1 is 1.06 bits per heavy atom. The molecular weight excluding hydrogens is 449 g/mol. The Balaban J connectivity index is 1.33. The Labute approximate surface area is 186 Å². The topological polar surface area (TPSA) is 70.7 Å². The van der Waals surface area contributed by atoms with Crippen molar-refractivity contribution < 1.29 is 22.4 Å². The SMILES string of the molecule is O=C(CN1CCN(Cn2c(=O)oc3cc(Cl)ccc32)CC1)Nc1ccccc1C(F)(F)F. The minimum atomic E-state index is -4.55. The minimum Gasteiger partial charge on any atom is -0.408 e. The summed E-state index contributed by atoms with van der Waals surface area (Å²) in [5, 5.41) is 2.84. The van der Waals surface area contributed by atoms with Crippen LogP contribution in [0.4, 0.5) is 18.9 Å². The summed E-state index contributed by atoms with van der Waals surface area (Å²) in [5.41, 5.74) is -0.0753. The molecule has 7 nitrogen and oxygen atoms in total. The van der Waals surface area contributed by atoms with Gasteiger partial charge in [-0.2, -0.15) is 13.2 Å². The molecule has 1 aliphatic rings. The van der Waals surface area contributed by atoms with Crippen LogP contribution < -0.4 is 11.1 Å². The zero-order valence-corrected chi connectivity index (χ0v) is 17.6. The van der Waals surface area contributed by atoms with E-state index in [4.69, 9.17) is 16.0 Å². The number of piperazine rings is 1. The van der Waals surface area contributed by atoms with Crippen molar-refractivity contribution in [3.8, 4) is 0 Å². The van der Waals surface area contributed by atoms with Crippen molar-refractivity contribution in [1.29, 1.82) is 0 Å². The summed E-state index contributed by atoms with van der Waals surface area (Å²) in [6, 6.07) is 9.88. The number of alkyl halides is 3. The standard InChI is InChI=1S/C21H20ClF3N4O3/c22-14-5-6-17-18(11-14)32-20(31)29(17)13-28-9-7-27(8-10-28)12-19(30)26-16-4-2-1-3-15(16)21(23,24)25/h1-6,11H,7-10,12-13H2,(H,26,30).